The highest BCUT2D eigenvalue weighted by molar-refractivity contribution is 5.89. The van der Waals surface area contributed by atoms with Gasteiger partial charge in [0.05, 0.1) is 18.2 Å². The second-order valence-electron chi connectivity index (χ2n) is 15.0. The van der Waals surface area contributed by atoms with E-state index in [1.54, 1.807) is 26.4 Å². The van der Waals surface area contributed by atoms with Crippen molar-refractivity contribution in [3.8, 4) is 0 Å². The van der Waals surface area contributed by atoms with Crippen LogP contribution < -0.4 is 16.6 Å². The molecule has 4 aliphatic rings. The standard InChI is InChI=1S/C36H55N3O7/c1-21(9-14-31(41)38-20-32(42)39-37)27-12-13-28-26-11-10-24-18-25(15-16-35(24,2)29(26)19-30(40)36(27,28)3)46-33(43)22-7-6-8-23(17-22)34(44-4)45-5/h6-8,17,21,24-30,34,40H,9-16,18-20,37H2,1-5H3,(H,38,41)(H,39,42)/t21-,24-,25-,26+,27-,28+,29+,30+,35+,36-/m1/s1. The van der Waals surface area contributed by atoms with E-state index < -0.39 is 12.2 Å². The van der Waals surface area contributed by atoms with Gasteiger partial charge in [0, 0.05) is 26.2 Å². The number of esters is 1. The van der Waals surface area contributed by atoms with E-state index in [-0.39, 0.29) is 41.5 Å². The molecule has 1 aromatic carbocycles. The molecule has 0 unspecified atom stereocenters. The van der Waals surface area contributed by atoms with Crippen LogP contribution in [0.1, 0.15) is 107 Å². The van der Waals surface area contributed by atoms with Gasteiger partial charge in [0.2, 0.25) is 5.91 Å². The summed E-state index contributed by atoms with van der Waals surface area (Å²) in [6, 6.07) is 7.27. The summed E-state index contributed by atoms with van der Waals surface area (Å²) in [5.74, 6) is 6.87. The summed E-state index contributed by atoms with van der Waals surface area (Å²) in [6.45, 7) is 6.87. The maximum Gasteiger partial charge on any atom is 0.338 e. The number of carbonyl (C=O) groups is 3. The number of amides is 2. The summed E-state index contributed by atoms with van der Waals surface area (Å²) in [5.41, 5.74) is 3.27. The third-order valence-corrected chi connectivity index (χ3v) is 13.0. The SMILES string of the molecule is COC(OC)c1cccc(C(=O)O[C@@H]2CC[C@@]3(C)[C@H](CC[C@@H]4[C@@H]3C[C@H](O)[C@]3(C)[C@@H]([C@H](C)CCC(=O)NCC(=O)NN)CC[C@@H]43)C2)c1. The molecule has 0 aromatic heterocycles. The van der Waals surface area contributed by atoms with Crippen LogP contribution in [0.2, 0.25) is 0 Å². The van der Waals surface area contributed by atoms with Gasteiger partial charge in [-0.1, -0.05) is 32.9 Å². The molecule has 10 heteroatoms. The molecule has 10 atom stereocenters. The number of carbonyl (C=O) groups excluding carboxylic acids is 3. The topological polar surface area (TPSA) is 149 Å². The first kappa shape index (κ1) is 34.8. The maximum absolute atomic E-state index is 13.2. The third-order valence-electron chi connectivity index (χ3n) is 13.0. The van der Waals surface area contributed by atoms with E-state index >= 15 is 0 Å². The predicted octanol–water partition coefficient (Wildman–Crippen LogP) is 4.66. The molecular weight excluding hydrogens is 586 g/mol. The number of aliphatic hydroxyl groups excluding tert-OH is 1. The van der Waals surface area contributed by atoms with Crippen LogP contribution in [0.15, 0.2) is 24.3 Å². The van der Waals surface area contributed by atoms with Crippen molar-refractivity contribution < 1.29 is 33.7 Å². The lowest BCUT2D eigenvalue weighted by Gasteiger charge is -2.62. The molecule has 2 amide bonds. The molecule has 5 rings (SSSR count). The van der Waals surface area contributed by atoms with Crippen molar-refractivity contribution in [1.29, 1.82) is 0 Å². The number of ether oxygens (including phenoxy) is 3. The lowest BCUT2D eigenvalue weighted by Crippen LogP contribution is -2.59. The van der Waals surface area contributed by atoms with Gasteiger partial charge in [-0.25, -0.2) is 10.6 Å². The molecule has 5 N–H and O–H groups in total. The molecule has 1 aromatic rings. The molecule has 4 aliphatic carbocycles. The summed E-state index contributed by atoms with van der Waals surface area (Å²) in [6.07, 6.45) is 8.09. The third kappa shape index (κ3) is 6.60. The van der Waals surface area contributed by atoms with E-state index in [4.69, 9.17) is 20.1 Å². The highest BCUT2D eigenvalue weighted by Crippen LogP contribution is 2.68. The second-order valence-corrected chi connectivity index (χ2v) is 15.0. The van der Waals surface area contributed by atoms with Crippen molar-refractivity contribution in [1.82, 2.24) is 10.7 Å². The first-order chi connectivity index (χ1) is 22.0. The lowest BCUT2D eigenvalue weighted by atomic mass is 9.43. The van der Waals surface area contributed by atoms with Gasteiger partial charge in [0.15, 0.2) is 6.29 Å². The van der Waals surface area contributed by atoms with Gasteiger partial charge in [-0.3, -0.25) is 15.0 Å². The van der Waals surface area contributed by atoms with E-state index in [1.165, 1.54) is 0 Å². The normalized spacial score (nSPS) is 35.8. The number of rotatable bonds is 11. The van der Waals surface area contributed by atoms with Gasteiger partial charge in [-0.05, 0) is 116 Å². The van der Waals surface area contributed by atoms with Crippen LogP contribution in [-0.4, -0.2) is 55.9 Å². The minimum absolute atomic E-state index is 0.108. The van der Waals surface area contributed by atoms with E-state index in [0.29, 0.717) is 47.5 Å². The van der Waals surface area contributed by atoms with Crippen LogP contribution in [0.25, 0.3) is 0 Å². The number of hydrogen-bond donors (Lipinski definition) is 4. The van der Waals surface area contributed by atoms with Crippen molar-refractivity contribution in [2.75, 3.05) is 20.8 Å². The van der Waals surface area contributed by atoms with E-state index in [1.807, 2.05) is 17.6 Å². The Morgan fingerprint density at radius 1 is 1.02 bits per heavy atom. The maximum atomic E-state index is 13.2. The summed E-state index contributed by atoms with van der Waals surface area (Å²) in [4.78, 5) is 36.9. The van der Waals surface area contributed by atoms with Crippen molar-refractivity contribution in [3.05, 3.63) is 35.4 Å². The zero-order valence-electron chi connectivity index (χ0n) is 28.3. The van der Waals surface area contributed by atoms with Crippen molar-refractivity contribution in [3.63, 3.8) is 0 Å². The Bertz CT molecular complexity index is 1260. The number of hydrazine groups is 1. The van der Waals surface area contributed by atoms with Gasteiger partial charge >= 0.3 is 5.97 Å². The lowest BCUT2D eigenvalue weighted by molar-refractivity contribution is -0.175. The monoisotopic (exact) mass is 641 g/mol. The number of benzene rings is 1. The minimum atomic E-state index is -0.534. The van der Waals surface area contributed by atoms with E-state index in [2.05, 4.69) is 26.1 Å². The fourth-order valence-electron chi connectivity index (χ4n) is 10.5. The molecule has 0 radical (unpaired) electrons. The number of methoxy groups -OCH3 is 2. The summed E-state index contributed by atoms with van der Waals surface area (Å²) in [7, 11) is 3.15. The van der Waals surface area contributed by atoms with Crippen molar-refractivity contribution in [2.45, 2.75) is 103 Å². The summed E-state index contributed by atoms with van der Waals surface area (Å²) in [5, 5.41) is 14.6. The molecule has 46 heavy (non-hydrogen) atoms. The Balaban J connectivity index is 1.20. The Morgan fingerprint density at radius 3 is 2.50 bits per heavy atom. The van der Waals surface area contributed by atoms with Crippen LogP contribution in [0.5, 0.6) is 0 Å². The molecule has 10 nitrogen and oxygen atoms in total. The average molecular weight is 642 g/mol. The molecule has 0 aliphatic heterocycles. The largest absolute Gasteiger partial charge is 0.459 e. The summed E-state index contributed by atoms with van der Waals surface area (Å²) >= 11 is 0. The number of hydrogen-bond acceptors (Lipinski definition) is 8. The Morgan fingerprint density at radius 2 is 1.78 bits per heavy atom. The van der Waals surface area contributed by atoms with Crippen molar-refractivity contribution >= 4 is 17.8 Å². The predicted molar refractivity (Wildman–Crippen MR) is 173 cm³/mol. The first-order valence-electron chi connectivity index (χ1n) is 17.3. The number of aliphatic hydroxyl groups is 1. The molecule has 0 saturated heterocycles. The molecule has 0 bridgehead atoms. The van der Waals surface area contributed by atoms with Crippen LogP contribution >= 0.6 is 0 Å². The minimum Gasteiger partial charge on any atom is -0.459 e. The van der Waals surface area contributed by atoms with Crippen molar-refractivity contribution in [2.24, 2.45) is 52.2 Å². The Hall–Kier alpha value is -2.53. The van der Waals surface area contributed by atoms with Gasteiger partial charge in [-0.2, -0.15) is 0 Å². The fourth-order valence-corrected chi connectivity index (χ4v) is 10.5. The van der Waals surface area contributed by atoms with E-state index in [9.17, 15) is 19.5 Å². The Labute approximate surface area is 273 Å². The molecule has 4 saturated carbocycles. The van der Waals surface area contributed by atoms with E-state index in [0.717, 1.165) is 63.4 Å². The summed E-state index contributed by atoms with van der Waals surface area (Å²) < 4.78 is 16.8. The highest BCUT2D eigenvalue weighted by atomic mass is 16.7. The van der Waals surface area contributed by atoms with Gasteiger partial charge in [-0.15, -0.1) is 0 Å². The zero-order chi connectivity index (χ0) is 33.2. The molecule has 0 heterocycles. The van der Waals surface area contributed by atoms with Crippen LogP contribution in [0.4, 0.5) is 0 Å². The van der Waals surface area contributed by atoms with Gasteiger partial charge in [0.1, 0.15) is 6.10 Å². The molecule has 4 fully saturated rings. The molecule has 0 spiro atoms. The highest BCUT2D eigenvalue weighted by Gasteiger charge is 2.63. The number of fused-ring (bicyclic) bond motifs is 5. The molecule has 256 valence electrons. The zero-order valence-corrected chi connectivity index (χ0v) is 28.3. The van der Waals surface area contributed by atoms with Gasteiger partial charge in [0.25, 0.3) is 5.91 Å². The number of nitrogens with two attached hydrogens (primary N) is 1. The number of nitrogens with one attached hydrogen (secondary N) is 2. The fraction of sp³-hybridized carbons (Fsp3) is 0.750. The van der Waals surface area contributed by atoms with Crippen LogP contribution in [-0.2, 0) is 23.8 Å². The molecular formula is C36H55N3O7. The first-order valence-corrected chi connectivity index (χ1v) is 17.3. The second kappa shape index (κ2) is 14.3. The quantitative estimate of drug-likeness (QED) is 0.0897. The van der Waals surface area contributed by atoms with Crippen LogP contribution in [0.3, 0.4) is 0 Å². The van der Waals surface area contributed by atoms with Gasteiger partial charge < -0.3 is 24.6 Å². The van der Waals surface area contributed by atoms with Crippen LogP contribution in [0, 0.1) is 46.3 Å². The average Bonchev–Trinajstić information content (AvgIpc) is 3.42. The Kier molecular flexibility index (Phi) is 10.8. The smallest absolute Gasteiger partial charge is 0.338 e.